The molecule has 2 rings (SSSR count). The van der Waals surface area contributed by atoms with Gasteiger partial charge in [-0.05, 0) is 49.2 Å². The van der Waals surface area contributed by atoms with Gasteiger partial charge in [0.15, 0.2) is 0 Å². The Bertz CT molecular complexity index is 637. The molecule has 0 aliphatic carbocycles. The van der Waals surface area contributed by atoms with Crippen LogP contribution in [0.5, 0.6) is 5.75 Å². The molecule has 2 aromatic carbocycles. The molecule has 1 atom stereocenters. The molecule has 122 valence electrons. The van der Waals surface area contributed by atoms with E-state index in [-0.39, 0.29) is 11.9 Å². The Morgan fingerprint density at radius 1 is 1.17 bits per heavy atom. The lowest BCUT2D eigenvalue weighted by atomic mass is 10.1. The van der Waals surface area contributed by atoms with E-state index < -0.39 is 0 Å². The molecular formula is C19H23NO3. The lowest BCUT2D eigenvalue weighted by molar-refractivity contribution is 0.0939. The first-order valence-electron chi connectivity index (χ1n) is 7.75. The molecule has 4 heteroatoms. The number of hydrogen-bond donors (Lipinski definition) is 1. The Labute approximate surface area is 137 Å². The van der Waals surface area contributed by atoms with Crippen LogP contribution in [0, 0.1) is 0 Å². The fourth-order valence-electron chi connectivity index (χ4n) is 2.35. The molecule has 23 heavy (non-hydrogen) atoms. The molecule has 1 amide bonds. The van der Waals surface area contributed by atoms with E-state index in [0.29, 0.717) is 18.8 Å². The molecule has 0 saturated carbocycles. The van der Waals surface area contributed by atoms with Crippen LogP contribution >= 0.6 is 0 Å². The lowest BCUT2D eigenvalue weighted by Gasteiger charge is -2.15. The van der Waals surface area contributed by atoms with Crippen molar-refractivity contribution < 1.29 is 14.3 Å². The van der Waals surface area contributed by atoms with Gasteiger partial charge in [0.1, 0.15) is 5.75 Å². The molecule has 0 bridgehead atoms. The van der Waals surface area contributed by atoms with Gasteiger partial charge in [-0.25, -0.2) is 0 Å². The number of methoxy groups -OCH3 is 1. The van der Waals surface area contributed by atoms with E-state index in [2.05, 4.69) is 5.32 Å². The van der Waals surface area contributed by atoms with Gasteiger partial charge in [0, 0.05) is 12.7 Å². The molecule has 0 saturated heterocycles. The summed E-state index contributed by atoms with van der Waals surface area (Å²) >= 11 is 0. The average Bonchev–Trinajstić information content (AvgIpc) is 2.56. The van der Waals surface area contributed by atoms with Crippen LogP contribution in [0.3, 0.4) is 0 Å². The molecular weight excluding hydrogens is 290 g/mol. The van der Waals surface area contributed by atoms with Crippen LogP contribution in [0.2, 0.25) is 0 Å². The lowest BCUT2D eigenvalue weighted by Crippen LogP contribution is -2.26. The second-order valence-corrected chi connectivity index (χ2v) is 5.33. The number of benzene rings is 2. The Balaban J connectivity index is 2.02. The summed E-state index contributed by atoms with van der Waals surface area (Å²) in [4.78, 5) is 12.4. The van der Waals surface area contributed by atoms with Gasteiger partial charge in [0.2, 0.25) is 0 Å². The average molecular weight is 313 g/mol. The topological polar surface area (TPSA) is 47.6 Å². The number of amides is 1. The summed E-state index contributed by atoms with van der Waals surface area (Å²) in [5.41, 5.74) is 2.65. The van der Waals surface area contributed by atoms with Crippen LogP contribution in [-0.2, 0) is 11.3 Å². The number of rotatable bonds is 7. The molecule has 1 unspecified atom stereocenters. The minimum Gasteiger partial charge on any atom is -0.494 e. The smallest absolute Gasteiger partial charge is 0.251 e. The quantitative estimate of drug-likeness (QED) is 0.847. The molecule has 0 fully saturated rings. The Morgan fingerprint density at radius 3 is 2.57 bits per heavy atom. The zero-order valence-corrected chi connectivity index (χ0v) is 13.8. The second kappa shape index (κ2) is 8.34. The van der Waals surface area contributed by atoms with Gasteiger partial charge in [-0.1, -0.05) is 24.3 Å². The first-order valence-corrected chi connectivity index (χ1v) is 7.75. The van der Waals surface area contributed by atoms with Gasteiger partial charge in [0.05, 0.1) is 19.3 Å². The second-order valence-electron chi connectivity index (χ2n) is 5.33. The Hall–Kier alpha value is -2.33. The van der Waals surface area contributed by atoms with E-state index >= 15 is 0 Å². The van der Waals surface area contributed by atoms with Crippen molar-refractivity contribution in [2.45, 2.75) is 26.5 Å². The Kier molecular flexibility index (Phi) is 6.18. The van der Waals surface area contributed by atoms with E-state index in [1.54, 1.807) is 13.2 Å². The first-order chi connectivity index (χ1) is 11.1. The monoisotopic (exact) mass is 313 g/mol. The summed E-state index contributed by atoms with van der Waals surface area (Å²) in [6.07, 6.45) is 0. The van der Waals surface area contributed by atoms with Crippen molar-refractivity contribution in [3.05, 3.63) is 65.2 Å². The third-order valence-electron chi connectivity index (χ3n) is 3.54. The fourth-order valence-corrected chi connectivity index (χ4v) is 2.35. The minimum atomic E-state index is -0.0932. The highest BCUT2D eigenvalue weighted by Crippen LogP contribution is 2.18. The highest BCUT2D eigenvalue weighted by atomic mass is 16.5. The van der Waals surface area contributed by atoms with Crippen LogP contribution in [0.4, 0.5) is 0 Å². The van der Waals surface area contributed by atoms with Crippen molar-refractivity contribution >= 4 is 5.91 Å². The molecule has 2 aromatic rings. The summed E-state index contributed by atoms with van der Waals surface area (Å²) < 4.78 is 10.5. The number of hydrogen-bond acceptors (Lipinski definition) is 3. The largest absolute Gasteiger partial charge is 0.494 e. The Morgan fingerprint density at radius 2 is 1.91 bits per heavy atom. The van der Waals surface area contributed by atoms with E-state index in [9.17, 15) is 4.79 Å². The third kappa shape index (κ3) is 4.83. The van der Waals surface area contributed by atoms with Crippen molar-refractivity contribution in [3.8, 4) is 5.75 Å². The molecule has 0 aliphatic rings. The van der Waals surface area contributed by atoms with Gasteiger partial charge >= 0.3 is 0 Å². The van der Waals surface area contributed by atoms with Crippen LogP contribution in [0.1, 0.15) is 41.4 Å². The predicted molar refractivity (Wildman–Crippen MR) is 90.6 cm³/mol. The standard InChI is InChI=1S/C19H23NO3/c1-4-23-18-10-8-16(9-11-18)14(2)20-19(21)17-7-5-6-15(12-17)13-22-3/h5-12,14H,4,13H2,1-3H3,(H,20,21). The highest BCUT2D eigenvalue weighted by molar-refractivity contribution is 5.94. The van der Waals surface area contributed by atoms with E-state index in [1.165, 1.54) is 0 Å². The minimum absolute atomic E-state index is 0.0794. The zero-order chi connectivity index (χ0) is 16.7. The van der Waals surface area contributed by atoms with E-state index in [1.807, 2.05) is 56.3 Å². The van der Waals surface area contributed by atoms with Crippen molar-refractivity contribution in [2.75, 3.05) is 13.7 Å². The number of carbonyl (C=O) groups is 1. The molecule has 1 N–H and O–H groups in total. The van der Waals surface area contributed by atoms with Crippen molar-refractivity contribution in [2.24, 2.45) is 0 Å². The number of ether oxygens (including phenoxy) is 2. The maximum atomic E-state index is 12.4. The number of carbonyl (C=O) groups excluding carboxylic acids is 1. The van der Waals surface area contributed by atoms with Crippen molar-refractivity contribution in [1.82, 2.24) is 5.32 Å². The highest BCUT2D eigenvalue weighted by Gasteiger charge is 2.12. The molecule has 0 radical (unpaired) electrons. The molecule has 0 aromatic heterocycles. The van der Waals surface area contributed by atoms with Gasteiger partial charge in [-0.3, -0.25) is 4.79 Å². The van der Waals surface area contributed by atoms with Crippen LogP contribution in [-0.4, -0.2) is 19.6 Å². The molecule has 0 spiro atoms. The maximum Gasteiger partial charge on any atom is 0.251 e. The van der Waals surface area contributed by atoms with Gasteiger partial charge < -0.3 is 14.8 Å². The first kappa shape index (κ1) is 17.0. The molecule has 0 heterocycles. The third-order valence-corrected chi connectivity index (χ3v) is 3.54. The van der Waals surface area contributed by atoms with Crippen molar-refractivity contribution in [3.63, 3.8) is 0 Å². The fraction of sp³-hybridized carbons (Fsp3) is 0.316. The normalized spacial score (nSPS) is 11.8. The molecule has 0 aliphatic heterocycles. The summed E-state index contributed by atoms with van der Waals surface area (Å²) in [6, 6.07) is 15.2. The summed E-state index contributed by atoms with van der Waals surface area (Å²) in [7, 11) is 1.64. The van der Waals surface area contributed by atoms with Crippen molar-refractivity contribution in [1.29, 1.82) is 0 Å². The summed E-state index contributed by atoms with van der Waals surface area (Å²) in [6.45, 7) is 5.06. The van der Waals surface area contributed by atoms with E-state index in [4.69, 9.17) is 9.47 Å². The summed E-state index contributed by atoms with van der Waals surface area (Å²) in [5, 5.41) is 3.01. The maximum absolute atomic E-state index is 12.4. The zero-order valence-electron chi connectivity index (χ0n) is 13.8. The molecule has 4 nitrogen and oxygen atoms in total. The van der Waals surface area contributed by atoms with Gasteiger partial charge in [0.25, 0.3) is 5.91 Å². The number of nitrogens with one attached hydrogen (secondary N) is 1. The van der Waals surface area contributed by atoms with Crippen LogP contribution < -0.4 is 10.1 Å². The summed E-state index contributed by atoms with van der Waals surface area (Å²) in [5.74, 6) is 0.742. The predicted octanol–water partition coefficient (Wildman–Crippen LogP) is 3.72. The van der Waals surface area contributed by atoms with Gasteiger partial charge in [-0.2, -0.15) is 0 Å². The van der Waals surface area contributed by atoms with Crippen LogP contribution in [0.25, 0.3) is 0 Å². The van der Waals surface area contributed by atoms with Crippen LogP contribution in [0.15, 0.2) is 48.5 Å². The van der Waals surface area contributed by atoms with Gasteiger partial charge in [-0.15, -0.1) is 0 Å². The SMILES string of the molecule is CCOc1ccc(C(C)NC(=O)c2cccc(COC)c2)cc1. The van der Waals surface area contributed by atoms with E-state index in [0.717, 1.165) is 16.9 Å².